The smallest absolute Gasteiger partial charge is 0.409 e. The van der Waals surface area contributed by atoms with Gasteiger partial charge in [-0.1, -0.05) is 60.5 Å². The molecule has 7 aromatic rings. The number of imide groups is 1. The molecule has 0 aliphatic carbocycles. The molecule has 6 aliphatic heterocycles. The standard InChI is InChI=1S/C59H57F2N11O7S/c1-4-43-47(60)17-11-36-6-5-7-45(50(36)43)52-51(61)53-46(28-62-52)54(70-30-38-12-13-39(31-70)63-38)66-56(65-53)79-33-59-22-18-40(72(59)29-34(2)27-59)32-78-58(75)69-23-19-42(20-24-69)80(76,77)41-14-8-35(9-15-41)37-10-16-44-48(26-37)68(3)67-55(44)71-25-21-49(73)64-57(71)74/h1,5-11,14-17,26,28,38-40,42,63H,2,12-13,18-25,27,29-33H2,3H3,(H,64,73,74)/t38?,39?,40-,59-/m0/s1. The van der Waals surface area contributed by atoms with E-state index in [0.29, 0.717) is 72.3 Å². The summed E-state index contributed by atoms with van der Waals surface area (Å²) in [4.78, 5) is 59.9. The maximum Gasteiger partial charge on any atom is 0.409 e. The number of aromatic nitrogens is 5. The van der Waals surface area contributed by atoms with Crippen molar-refractivity contribution in [2.75, 3.05) is 62.3 Å². The van der Waals surface area contributed by atoms with Gasteiger partial charge in [0.1, 0.15) is 36.1 Å². The zero-order valence-electron chi connectivity index (χ0n) is 44.0. The van der Waals surface area contributed by atoms with E-state index in [2.05, 4.69) is 43.0 Å². The first-order chi connectivity index (χ1) is 38.6. The molecule has 4 aromatic carbocycles. The number of hydrogen-bond acceptors (Lipinski definition) is 14. The predicted molar refractivity (Wildman–Crippen MR) is 297 cm³/mol. The van der Waals surface area contributed by atoms with Gasteiger partial charge in [0, 0.05) is 93.4 Å². The van der Waals surface area contributed by atoms with Gasteiger partial charge in [-0.3, -0.25) is 29.6 Å². The fraction of sp³-hybridized carbons (Fsp3) is 0.373. The molecular formula is C59H57F2N11O7S. The van der Waals surface area contributed by atoms with E-state index in [1.165, 1.54) is 11.0 Å². The number of anilines is 2. The summed E-state index contributed by atoms with van der Waals surface area (Å²) in [5, 5.41) is 12.1. The number of amides is 4. The van der Waals surface area contributed by atoms with E-state index in [-0.39, 0.29) is 104 Å². The summed E-state index contributed by atoms with van der Waals surface area (Å²) in [7, 11) is -1.95. The number of terminal acetylenes is 1. The van der Waals surface area contributed by atoms with Gasteiger partial charge in [-0.25, -0.2) is 26.8 Å². The SMILES string of the molecule is C#Cc1c(F)ccc2cccc(-c3ncc4c(N5CC6CCC(C5)N6)nc(OC[C@@]56CC[C@@H](COC(=O)N7CCC(S(=O)(=O)c8ccc(-c9ccc%10c(N%11CCC(=O)NC%11=O)nn(C)c%10c9)cc8)CC7)N5CC(=C)C6)nc4c3F)c12. The second kappa shape index (κ2) is 19.9. The molecule has 4 amide bonds. The van der Waals surface area contributed by atoms with E-state index in [1.54, 1.807) is 71.4 Å². The summed E-state index contributed by atoms with van der Waals surface area (Å²) < 4.78 is 74.6. The van der Waals surface area contributed by atoms with Crippen molar-refractivity contribution in [1.29, 1.82) is 0 Å². The van der Waals surface area contributed by atoms with Crippen LogP contribution in [0.3, 0.4) is 0 Å². The fourth-order valence-corrected chi connectivity index (χ4v) is 14.9. The Balaban J connectivity index is 0.666. The van der Waals surface area contributed by atoms with Crippen LogP contribution in [-0.2, 0) is 26.4 Å². The molecule has 2 bridgehead atoms. The average molecular weight is 1100 g/mol. The first-order valence-corrected chi connectivity index (χ1v) is 28.6. The van der Waals surface area contributed by atoms with E-state index in [9.17, 15) is 22.8 Å². The number of ether oxygens (including phenoxy) is 2. The molecule has 21 heteroatoms. The van der Waals surface area contributed by atoms with E-state index < -0.39 is 44.4 Å². The lowest BCUT2D eigenvalue weighted by Gasteiger charge is -2.35. The Labute approximate surface area is 460 Å². The van der Waals surface area contributed by atoms with Crippen molar-refractivity contribution in [2.24, 2.45) is 7.05 Å². The minimum absolute atomic E-state index is 0.00850. The minimum Gasteiger partial charge on any atom is -0.461 e. The number of nitrogens with one attached hydrogen (secondary N) is 2. The lowest BCUT2D eigenvalue weighted by Crippen LogP contribution is -2.51. The molecule has 0 spiro atoms. The number of rotatable bonds is 11. The first kappa shape index (κ1) is 51.4. The quantitative estimate of drug-likeness (QED) is 0.0946. The molecule has 410 valence electrons. The largest absolute Gasteiger partial charge is 0.461 e. The summed E-state index contributed by atoms with van der Waals surface area (Å²) in [6, 6.07) is 20.5. The third-order valence-electron chi connectivity index (χ3n) is 17.2. The fourth-order valence-electron chi connectivity index (χ4n) is 13.1. The number of urea groups is 1. The van der Waals surface area contributed by atoms with Crippen molar-refractivity contribution in [3.63, 3.8) is 0 Å². The number of nitrogens with zero attached hydrogens (tertiary/aromatic N) is 9. The van der Waals surface area contributed by atoms with Gasteiger partial charge in [-0.15, -0.1) is 6.42 Å². The van der Waals surface area contributed by atoms with Crippen molar-refractivity contribution in [2.45, 2.75) is 85.2 Å². The van der Waals surface area contributed by atoms with Crippen molar-refractivity contribution >= 4 is 72.1 Å². The number of piperazine rings is 1. The number of aryl methyl sites for hydroxylation is 1. The lowest BCUT2D eigenvalue weighted by molar-refractivity contribution is -0.120. The third kappa shape index (κ3) is 8.93. The number of carbonyl (C=O) groups excluding carboxylic acids is 3. The highest BCUT2D eigenvalue weighted by molar-refractivity contribution is 7.92. The van der Waals surface area contributed by atoms with E-state index in [0.717, 1.165) is 40.4 Å². The number of carbonyl (C=O) groups is 3. The second-order valence-electron chi connectivity index (χ2n) is 22.1. The molecule has 6 aliphatic rings. The maximum absolute atomic E-state index is 17.3. The molecule has 0 radical (unpaired) electrons. The van der Waals surface area contributed by atoms with Crippen molar-refractivity contribution in [3.05, 3.63) is 108 Å². The number of sulfone groups is 1. The summed E-state index contributed by atoms with van der Waals surface area (Å²) in [6.07, 6.45) is 11.7. The molecule has 9 heterocycles. The molecule has 2 unspecified atom stereocenters. The van der Waals surface area contributed by atoms with Crippen LogP contribution in [0.1, 0.15) is 56.9 Å². The van der Waals surface area contributed by atoms with E-state index in [4.69, 9.17) is 25.9 Å². The monoisotopic (exact) mass is 1100 g/mol. The zero-order chi connectivity index (χ0) is 55.2. The molecule has 6 saturated heterocycles. The van der Waals surface area contributed by atoms with Gasteiger partial charge < -0.3 is 24.6 Å². The zero-order valence-corrected chi connectivity index (χ0v) is 44.8. The van der Waals surface area contributed by atoms with E-state index >= 15 is 8.78 Å². The number of benzene rings is 4. The van der Waals surface area contributed by atoms with Gasteiger partial charge in [0.2, 0.25) is 5.91 Å². The lowest BCUT2D eigenvalue weighted by atomic mass is 9.94. The predicted octanol–water partition coefficient (Wildman–Crippen LogP) is 7.66. The Morgan fingerprint density at radius 3 is 2.46 bits per heavy atom. The summed E-state index contributed by atoms with van der Waals surface area (Å²) in [5.41, 5.74) is 3.25. The Bertz CT molecular complexity index is 3890. The van der Waals surface area contributed by atoms with Crippen molar-refractivity contribution in [1.82, 2.24) is 45.2 Å². The van der Waals surface area contributed by atoms with E-state index in [1.807, 2.05) is 18.2 Å². The Morgan fingerprint density at radius 2 is 1.70 bits per heavy atom. The highest BCUT2D eigenvalue weighted by Gasteiger charge is 2.52. The first-order valence-electron chi connectivity index (χ1n) is 27.1. The van der Waals surface area contributed by atoms with Crippen LogP contribution in [0.15, 0.2) is 96.0 Å². The Morgan fingerprint density at radius 1 is 0.925 bits per heavy atom. The van der Waals surface area contributed by atoms with Crippen LogP contribution in [0, 0.1) is 24.0 Å². The molecular weight excluding hydrogens is 1040 g/mol. The van der Waals surface area contributed by atoms with Crippen LogP contribution in [0.5, 0.6) is 6.01 Å². The van der Waals surface area contributed by atoms with Crippen LogP contribution in [-0.4, -0.2) is 142 Å². The summed E-state index contributed by atoms with van der Waals surface area (Å²) >= 11 is 0. The normalized spacial score (nSPS) is 22.6. The number of hydrogen-bond donors (Lipinski definition) is 2. The third-order valence-corrected chi connectivity index (χ3v) is 19.5. The molecule has 18 nitrogen and oxygen atoms in total. The average Bonchev–Trinajstić information content (AvgIpc) is 4.30. The van der Waals surface area contributed by atoms with Crippen molar-refractivity contribution < 1.29 is 41.1 Å². The van der Waals surface area contributed by atoms with Gasteiger partial charge >= 0.3 is 18.1 Å². The molecule has 3 aromatic heterocycles. The molecule has 6 fully saturated rings. The molecule has 4 atom stereocenters. The Kier molecular flexibility index (Phi) is 12.8. The number of likely N-dealkylation sites (tertiary alicyclic amines) is 1. The molecule has 0 saturated carbocycles. The van der Waals surface area contributed by atoms with Crippen molar-refractivity contribution in [3.8, 4) is 40.7 Å². The summed E-state index contributed by atoms with van der Waals surface area (Å²) in [5.74, 6) is 1.81. The number of pyridine rings is 1. The van der Waals surface area contributed by atoms with Crippen LogP contribution in [0.25, 0.3) is 55.0 Å². The van der Waals surface area contributed by atoms with Gasteiger partial charge in [0.15, 0.2) is 21.5 Å². The van der Waals surface area contributed by atoms with Gasteiger partial charge in [-0.05, 0) is 91.8 Å². The van der Waals surface area contributed by atoms with Crippen LogP contribution in [0.4, 0.5) is 30.0 Å². The number of piperidine rings is 1. The Hall–Kier alpha value is -8.06. The molecule has 2 N–H and O–H groups in total. The van der Waals surface area contributed by atoms with Gasteiger partial charge in [0.25, 0.3) is 0 Å². The highest BCUT2D eigenvalue weighted by atomic mass is 32.2. The maximum atomic E-state index is 17.3. The van der Waals surface area contributed by atoms with Gasteiger partial charge in [-0.2, -0.15) is 15.1 Å². The minimum atomic E-state index is -3.73. The number of fused-ring (bicyclic) bond motifs is 6. The number of halogens is 2. The van der Waals surface area contributed by atoms with Crippen LogP contribution in [0.2, 0.25) is 0 Å². The topological polar surface area (TPSA) is 197 Å². The summed E-state index contributed by atoms with van der Waals surface area (Å²) in [6.45, 7) is 7.20. The second-order valence-corrected chi connectivity index (χ2v) is 24.3. The highest BCUT2D eigenvalue weighted by Crippen LogP contribution is 2.45. The molecule has 80 heavy (non-hydrogen) atoms. The van der Waals surface area contributed by atoms with Crippen LogP contribution < -0.4 is 25.2 Å². The molecule has 13 rings (SSSR count). The van der Waals surface area contributed by atoms with Crippen LogP contribution >= 0.6 is 0 Å². The van der Waals surface area contributed by atoms with Gasteiger partial charge in [0.05, 0.1) is 32.2 Å².